The van der Waals surface area contributed by atoms with Crippen LogP contribution in [0.5, 0.6) is 5.75 Å². The number of hydrogen-bond acceptors (Lipinski definition) is 2. The maximum absolute atomic E-state index is 13.7. The van der Waals surface area contributed by atoms with Gasteiger partial charge in [0.2, 0.25) is 0 Å². The topological polar surface area (TPSA) is 26.3 Å². The van der Waals surface area contributed by atoms with Crippen molar-refractivity contribution in [3.8, 4) is 5.75 Å². The van der Waals surface area contributed by atoms with Crippen LogP contribution in [-0.2, 0) is 0 Å². The molecule has 104 valence electrons. The summed E-state index contributed by atoms with van der Waals surface area (Å²) in [6, 6.07) is 3.03. The number of hydrogen-bond donors (Lipinski definition) is 0. The summed E-state index contributed by atoms with van der Waals surface area (Å²) in [5.41, 5.74) is 1.13. The molecule has 0 aromatic heterocycles. The van der Waals surface area contributed by atoms with Crippen LogP contribution in [0.3, 0.4) is 0 Å². The molecule has 0 radical (unpaired) electrons. The smallest absolute Gasteiger partial charge is 0.153 e. The number of ether oxygens (including phenoxy) is 1. The van der Waals surface area contributed by atoms with Crippen molar-refractivity contribution in [3.63, 3.8) is 0 Å². The van der Waals surface area contributed by atoms with Crippen molar-refractivity contribution in [2.45, 2.75) is 45.4 Å². The number of carbonyl (C=O) groups is 1. The Morgan fingerprint density at radius 2 is 2.05 bits per heavy atom. The van der Waals surface area contributed by atoms with Gasteiger partial charge in [-0.25, -0.2) is 4.39 Å². The second kappa shape index (κ2) is 6.18. The second-order valence-electron chi connectivity index (χ2n) is 5.30. The summed E-state index contributed by atoms with van der Waals surface area (Å²) in [6.07, 6.45) is 4.90. The molecule has 1 aromatic carbocycles. The molecule has 1 fully saturated rings. The number of rotatable bonds is 7. The molecular weight excluding hydrogens is 243 g/mol. The van der Waals surface area contributed by atoms with Crippen LogP contribution in [0.25, 0.3) is 0 Å². The fourth-order valence-corrected chi connectivity index (χ4v) is 2.25. The molecular formula is C16H21FO2. The first kappa shape index (κ1) is 14.0. The number of benzene rings is 1. The Kier molecular flexibility index (Phi) is 4.56. The minimum atomic E-state index is -0.487. The minimum absolute atomic E-state index is 0.136. The standard InChI is InChI=1S/C16H21FO2/c1-3-11(4-2)10-19-16-8-15(17)13(9-18)7-14(16)12-5-6-12/h7-9,11-12H,3-6,10H2,1-2H3. The molecule has 0 bridgehead atoms. The van der Waals surface area contributed by atoms with Gasteiger partial charge in [0.25, 0.3) is 0 Å². The van der Waals surface area contributed by atoms with Gasteiger partial charge < -0.3 is 4.74 Å². The molecule has 19 heavy (non-hydrogen) atoms. The van der Waals surface area contributed by atoms with Crippen LogP contribution in [0.2, 0.25) is 0 Å². The Bertz CT molecular complexity index is 448. The molecule has 0 unspecified atom stereocenters. The van der Waals surface area contributed by atoms with E-state index in [4.69, 9.17) is 4.74 Å². The average molecular weight is 264 g/mol. The van der Waals surface area contributed by atoms with Gasteiger partial charge in [-0.15, -0.1) is 0 Å². The van der Waals surface area contributed by atoms with E-state index in [1.807, 2.05) is 0 Å². The molecule has 1 saturated carbocycles. The van der Waals surface area contributed by atoms with E-state index in [1.54, 1.807) is 6.07 Å². The highest BCUT2D eigenvalue weighted by molar-refractivity contribution is 5.76. The van der Waals surface area contributed by atoms with Crippen LogP contribution in [0.1, 0.15) is 61.4 Å². The third-order valence-corrected chi connectivity index (χ3v) is 3.90. The zero-order valence-corrected chi connectivity index (χ0v) is 11.6. The molecule has 3 heteroatoms. The Balaban J connectivity index is 2.18. The summed E-state index contributed by atoms with van der Waals surface area (Å²) >= 11 is 0. The van der Waals surface area contributed by atoms with Gasteiger partial charge in [-0.1, -0.05) is 26.7 Å². The van der Waals surface area contributed by atoms with Crippen LogP contribution in [-0.4, -0.2) is 12.9 Å². The van der Waals surface area contributed by atoms with E-state index in [9.17, 15) is 9.18 Å². The van der Waals surface area contributed by atoms with Crippen LogP contribution in [0.4, 0.5) is 4.39 Å². The molecule has 2 nitrogen and oxygen atoms in total. The molecule has 0 N–H and O–H groups in total. The van der Waals surface area contributed by atoms with E-state index < -0.39 is 5.82 Å². The van der Waals surface area contributed by atoms with Gasteiger partial charge in [0, 0.05) is 6.07 Å². The van der Waals surface area contributed by atoms with Crippen molar-refractivity contribution in [2.75, 3.05) is 6.61 Å². The fraction of sp³-hybridized carbons (Fsp3) is 0.562. The molecule has 0 heterocycles. The quantitative estimate of drug-likeness (QED) is 0.685. The summed E-state index contributed by atoms with van der Waals surface area (Å²) in [7, 11) is 0. The maximum atomic E-state index is 13.7. The predicted octanol–water partition coefficient (Wildman–Crippen LogP) is 4.33. The van der Waals surface area contributed by atoms with Gasteiger partial charge in [-0.05, 0) is 36.3 Å². The Morgan fingerprint density at radius 3 is 2.58 bits per heavy atom. The molecule has 2 rings (SSSR count). The van der Waals surface area contributed by atoms with Crippen molar-refractivity contribution in [2.24, 2.45) is 5.92 Å². The van der Waals surface area contributed by atoms with Crippen LogP contribution >= 0.6 is 0 Å². The number of halogens is 1. The van der Waals surface area contributed by atoms with Crippen molar-refractivity contribution >= 4 is 6.29 Å². The Hall–Kier alpha value is -1.38. The summed E-state index contributed by atoms with van der Waals surface area (Å²) in [5.74, 6) is 1.08. The molecule has 0 amide bonds. The first-order chi connectivity index (χ1) is 9.19. The summed E-state index contributed by atoms with van der Waals surface area (Å²) in [6.45, 7) is 4.89. The highest BCUT2D eigenvalue weighted by atomic mass is 19.1. The van der Waals surface area contributed by atoms with Gasteiger partial charge >= 0.3 is 0 Å². The first-order valence-electron chi connectivity index (χ1n) is 7.10. The lowest BCUT2D eigenvalue weighted by Gasteiger charge is -2.17. The monoisotopic (exact) mass is 264 g/mol. The SMILES string of the molecule is CCC(CC)COc1cc(F)c(C=O)cc1C1CC1. The summed E-state index contributed by atoms with van der Waals surface area (Å²) in [4.78, 5) is 10.8. The zero-order valence-electron chi connectivity index (χ0n) is 11.6. The van der Waals surface area contributed by atoms with Crippen LogP contribution in [0.15, 0.2) is 12.1 Å². The van der Waals surface area contributed by atoms with Crippen molar-refractivity contribution < 1.29 is 13.9 Å². The lowest BCUT2D eigenvalue weighted by atomic mass is 10.0. The zero-order chi connectivity index (χ0) is 13.8. The molecule has 0 spiro atoms. The fourth-order valence-electron chi connectivity index (χ4n) is 2.25. The van der Waals surface area contributed by atoms with Crippen molar-refractivity contribution in [1.29, 1.82) is 0 Å². The Labute approximate surface area is 114 Å². The lowest BCUT2D eigenvalue weighted by Crippen LogP contribution is -2.11. The summed E-state index contributed by atoms with van der Waals surface area (Å²) in [5, 5.41) is 0. The number of aldehydes is 1. The molecule has 1 aliphatic carbocycles. The minimum Gasteiger partial charge on any atom is -0.493 e. The number of carbonyl (C=O) groups excluding carboxylic acids is 1. The van der Waals surface area contributed by atoms with Crippen LogP contribution in [0, 0.1) is 11.7 Å². The maximum Gasteiger partial charge on any atom is 0.153 e. The van der Waals surface area contributed by atoms with E-state index >= 15 is 0 Å². The molecule has 0 aliphatic heterocycles. The van der Waals surface area contributed by atoms with E-state index in [1.165, 1.54) is 6.07 Å². The Morgan fingerprint density at radius 1 is 1.37 bits per heavy atom. The highest BCUT2D eigenvalue weighted by Crippen LogP contribution is 2.45. The third kappa shape index (κ3) is 3.34. The average Bonchev–Trinajstić information content (AvgIpc) is 3.24. The van der Waals surface area contributed by atoms with E-state index in [0.717, 1.165) is 31.2 Å². The normalized spacial score (nSPS) is 14.7. The van der Waals surface area contributed by atoms with Gasteiger partial charge in [0.05, 0.1) is 12.2 Å². The highest BCUT2D eigenvalue weighted by Gasteiger charge is 2.28. The molecule has 1 aromatic rings. The summed E-state index contributed by atoms with van der Waals surface area (Å²) < 4.78 is 19.5. The van der Waals surface area contributed by atoms with Crippen LogP contribution < -0.4 is 4.74 Å². The first-order valence-corrected chi connectivity index (χ1v) is 7.10. The second-order valence-corrected chi connectivity index (χ2v) is 5.30. The third-order valence-electron chi connectivity index (χ3n) is 3.90. The van der Waals surface area contributed by atoms with E-state index in [2.05, 4.69) is 13.8 Å². The van der Waals surface area contributed by atoms with Crippen molar-refractivity contribution in [3.05, 3.63) is 29.1 Å². The van der Waals surface area contributed by atoms with Gasteiger partial charge in [-0.3, -0.25) is 4.79 Å². The molecule has 1 aliphatic rings. The van der Waals surface area contributed by atoms with E-state index in [-0.39, 0.29) is 5.56 Å². The van der Waals surface area contributed by atoms with Gasteiger partial charge in [0.1, 0.15) is 11.6 Å². The lowest BCUT2D eigenvalue weighted by molar-refractivity contribution is 0.111. The van der Waals surface area contributed by atoms with Gasteiger partial charge in [0.15, 0.2) is 6.29 Å². The molecule has 0 atom stereocenters. The predicted molar refractivity (Wildman–Crippen MR) is 73.3 cm³/mol. The van der Waals surface area contributed by atoms with E-state index in [0.29, 0.717) is 30.5 Å². The van der Waals surface area contributed by atoms with Gasteiger partial charge in [-0.2, -0.15) is 0 Å². The largest absolute Gasteiger partial charge is 0.493 e. The molecule has 0 saturated heterocycles. The van der Waals surface area contributed by atoms with Crippen molar-refractivity contribution in [1.82, 2.24) is 0 Å².